The number of aliphatic hydroxyl groups is 1. The fourth-order valence-corrected chi connectivity index (χ4v) is 1.93. The first-order chi connectivity index (χ1) is 8.13. The summed E-state index contributed by atoms with van der Waals surface area (Å²) in [5, 5.41) is 11.9. The normalized spacial score (nSPS) is 14.4. The second kappa shape index (κ2) is 10.5. The minimum absolute atomic E-state index is 0.0774. The van der Waals surface area contributed by atoms with Gasteiger partial charge in [-0.05, 0) is 24.7 Å². The SMILES string of the molecule is CCCC(CCO)CNC(=O)CC(C)COC. The van der Waals surface area contributed by atoms with E-state index in [0.717, 1.165) is 19.3 Å². The van der Waals surface area contributed by atoms with Gasteiger partial charge in [-0.1, -0.05) is 20.3 Å². The highest BCUT2D eigenvalue weighted by molar-refractivity contribution is 5.76. The first kappa shape index (κ1) is 16.4. The Bertz CT molecular complexity index is 191. The summed E-state index contributed by atoms with van der Waals surface area (Å²) < 4.78 is 4.99. The molecule has 0 heterocycles. The summed E-state index contributed by atoms with van der Waals surface area (Å²) in [6.07, 6.45) is 3.41. The molecule has 102 valence electrons. The predicted octanol–water partition coefficient (Wildman–Crippen LogP) is 1.57. The fraction of sp³-hybridized carbons (Fsp3) is 0.923. The highest BCUT2D eigenvalue weighted by atomic mass is 16.5. The van der Waals surface area contributed by atoms with Gasteiger partial charge >= 0.3 is 0 Å². The molecule has 0 spiro atoms. The number of ether oxygens (including phenoxy) is 1. The number of rotatable bonds is 10. The molecule has 0 rings (SSSR count). The maximum Gasteiger partial charge on any atom is 0.220 e. The molecule has 0 fully saturated rings. The number of carbonyl (C=O) groups excluding carboxylic acids is 1. The van der Waals surface area contributed by atoms with Gasteiger partial charge in [0, 0.05) is 33.3 Å². The zero-order chi connectivity index (χ0) is 13.1. The molecule has 4 nitrogen and oxygen atoms in total. The van der Waals surface area contributed by atoms with Crippen molar-refractivity contribution < 1.29 is 14.6 Å². The van der Waals surface area contributed by atoms with Crippen LogP contribution in [0.3, 0.4) is 0 Å². The lowest BCUT2D eigenvalue weighted by Gasteiger charge is -2.16. The van der Waals surface area contributed by atoms with Gasteiger partial charge < -0.3 is 15.2 Å². The molecule has 1 amide bonds. The van der Waals surface area contributed by atoms with E-state index in [0.29, 0.717) is 25.5 Å². The zero-order valence-electron chi connectivity index (χ0n) is 11.4. The van der Waals surface area contributed by atoms with Crippen molar-refractivity contribution in [3.05, 3.63) is 0 Å². The number of nitrogens with one attached hydrogen (secondary N) is 1. The van der Waals surface area contributed by atoms with Crippen LogP contribution in [0, 0.1) is 11.8 Å². The summed E-state index contributed by atoms with van der Waals surface area (Å²) in [6, 6.07) is 0. The largest absolute Gasteiger partial charge is 0.396 e. The number of amides is 1. The van der Waals surface area contributed by atoms with Gasteiger partial charge in [0.15, 0.2) is 0 Å². The van der Waals surface area contributed by atoms with Crippen LogP contribution in [-0.2, 0) is 9.53 Å². The number of hydrogen-bond acceptors (Lipinski definition) is 3. The van der Waals surface area contributed by atoms with Crippen molar-refractivity contribution in [1.29, 1.82) is 0 Å². The molecular formula is C13H27NO3. The Hall–Kier alpha value is -0.610. The lowest BCUT2D eigenvalue weighted by Crippen LogP contribution is -2.31. The number of methoxy groups -OCH3 is 1. The van der Waals surface area contributed by atoms with Crippen molar-refractivity contribution in [1.82, 2.24) is 5.32 Å². The van der Waals surface area contributed by atoms with Crippen LogP contribution in [0.5, 0.6) is 0 Å². The fourth-order valence-electron chi connectivity index (χ4n) is 1.93. The molecule has 0 saturated carbocycles. The summed E-state index contributed by atoms with van der Waals surface area (Å²) in [6.45, 7) is 5.60. The average molecular weight is 245 g/mol. The van der Waals surface area contributed by atoms with E-state index in [1.807, 2.05) is 6.92 Å². The molecule has 0 bridgehead atoms. The molecule has 0 radical (unpaired) electrons. The Morgan fingerprint density at radius 1 is 1.41 bits per heavy atom. The van der Waals surface area contributed by atoms with Crippen LogP contribution in [0.25, 0.3) is 0 Å². The van der Waals surface area contributed by atoms with Gasteiger partial charge in [0.05, 0.1) is 0 Å². The van der Waals surface area contributed by atoms with Gasteiger partial charge in [0.1, 0.15) is 0 Å². The van der Waals surface area contributed by atoms with E-state index in [4.69, 9.17) is 9.84 Å². The molecule has 2 atom stereocenters. The molecule has 0 aromatic carbocycles. The van der Waals surface area contributed by atoms with Crippen LogP contribution in [0.1, 0.15) is 39.5 Å². The summed E-state index contributed by atoms with van der Waals surface area (Å²) >= 11 is 0. The van der Waals surface area contributed by atoms with Gasteiger partial charge in [-0.2, -0.15) is 0 Å². The van der Waals surface area contributed by atoms with Crippen LogP contribution >= 0.6 is 0 Å². The molecule has 0 aliphatic carbocycles. The van der Waals surface area contributed by atoms with Crippen molar-refractivity contribution in [2.75, 3.05) is 26.9 Å². The standard InChI is InChI=1S/C13H27NO3/c1-4-5-12(6-7-15)9-14-13(16)8-11(2)10-17-3/h11-12,15H,4-10H2,1-3H3,(H,14,16). The minimum atomic E-state index is 0.0774. The molecule has 17 heavy (non-hydrogen) atoms. The number of aliphatic hydroxyl groups excluding tert-OH is 1. The minimum Gasteiger partial charge on any atom is -0.396 e. The predicted molar refractivity (Wildman–Crippen MR) is 68.8 cm³/mol. The summed E-state index contributed by atoms with van der Waals surface area (Å²) in [4.78, 5) is 11.6. The monoisotopic (exact) mass is 245 g/mol. The van der Waals surface area contributed by atoms with Crippen LogP contribution in [-0.4, -0.2) is 37.9 Å². The van der Waals surface area contributed by atoms with E-state index in [1.165, 1.54) is 0 Å². The highest BCUT2D eigenvalue weighted by Crippen LogP contribution is 2.10. The van der Waals surface area contributed by atoms with Crippen molar-refractivity contribution in [2.45, 2.75) is 39.5 Å². The van der Waals surface area contributed by atoms with Gasteiger partial charge in [-0.25, -0.2) is 0 Å². The second-order valence-electron chi connectivity index (χ2n) is 4.74. The Labute approximate surface area is 105 Å². The van der Waals surface area contributed by atoms with E-state index in [9.17, 15) is 4.79 Å². The van der Waals surface area contributed by atoms with Gasteiger partial charge in [0.25, 0.3) is 0 Å². The van der Waals surface area contributed by atoms with Crippen molar-refractivity contribution in [3.8, 4) is 0 Å². The van der Waals surface area contributed by atoms with Crippen molar-refractivity contribution in [3.63, 3.8) is 0 Å². The Balaban J connectivity index is 3.78. The third-order valence-corrected chi connectivity index (χ3v) is 2.81. The first-order valence-electron chi connectivity index (χ1n) is 6.50. The second-order valence-corrected chi connectivity index (χ2v) is 4.74. The number of carbonyl (C=O) groups is 1. The third kappa shape index (κ3) is 9.12. The molecule has 0 aliphatic heterocycles. The van der Waals surface area contributed by atoms with Gasteiger partial charge in [-0.15, -0.1) is 0 Å². The molecule has 0 aromatic heterocycles. The van der Waals surface area contributed by atoms with Crippen LogP contribution in [0.2, 0.25) is 0 Å². The summed E-state index contributed by atoms with van der Waals surface area (Å²) in [7, 11) is 1.65. The molecule has 2 unspecified atom stereocenters. The quantitative estimate of drug-likeness (QED) is 0.614. The lowest BCUT2D eigenvalue weighted by atomic mass is 10.00. The average Bonchev–Trinajstić information content (AvgIpc) is 2.27. The maximum atomic E-state index is 11.6. The smallest absolute Gasteiger partial charge is 0.220 e. The maximum absolute atomic E-state index is 11.6. The third-order valence-electron chi connectivity index (χ3n) is 2.81. The molecule has 0 aromatic rings. The van der Waals surface area contributed by atoms with Crippen LogP contribution in [0.15, 0.2) is 0 Å². The Morgan fingerprint density at radius 3 is 2.65 bits per heavy atom. The Kier molecular flexibility index (Phi) is 10.2. The summed E-state index contributed by atoms with van der Waals surface area (Å²) in [5.41, 5.74) is 0. The van der Waals surface area contributed by atoms with E-state index in [1.54, 1.807) is 7.11 Å². The molecule has 4 heteroatoms. The summed E-state index contributed by atoms with van der Waals surface area (Å²) in [5.74, 6) is 0.725. The topological polar surface area (TPSA) is 58.6 Å². The van der Waals surface area contributed by atoms with Gasteiger partial charge in [0.2, 0.25) is 5.91 Å². The highest BCUT2D eigenvalue weighted by Gasteiger charge is 2.11. The van der Waals surface area contributed by atoms with E-state index in [2.05, 4.69) is 12.2 Å². The molecule has 2 N–H and O–H groups in total. The molecule has 0 saturated heterocycles. The van der Waals surface area contributed by atoms with Crippen molar-refractivity contribution in [2.24, 2.45) is 11.8 Å². The zero-order valence-corrected chi connectivity index (χ0v) is 11.4. The van der Waals surface area contributed by atoms with E-state index in [-0.39, 0.29) is 18.4 Å². The van der Waals surface area contributed by atoms with Crippen LogP contribution in [0.4, 0.5) is 0 Å². The number of hydrogen-bond donors (Lipinski definition) is 2. The van der Waals surface area contributed by atoms with Crippen LogP contribution < -0.4 is 5.32 Å². The Morgan fingerprint density at radius 2 is 2.12 bits per heavy atom. The first-order valence-corrected chi connectivity index (χ1v) is 6.50. The van der Waals surface area contributed by atoms with Gasteiger partial charge in [-0.3, -0.25) is 4.79 Å². The molecular weight excluding hydrogens is 218 g/mol. The van der Waals surface area contributed by atoms with Crippen molar-refractivity contribution >= 4 is 5.91 Å². The lowest BCUT2D eigenvalue weighted by molar-refractivity contribution is -0.122. The van der Waals surface area contributed by atoms with E-state index >= 15 is 0 Å². The molecule has 0 aliphatic rings. The van der Waals surface area contributed by atoms with E-state index < -0.39 is 0 Å².